The Kier molecular flexibility index (Phi) is 6.17. The minimum atomic E-state index is -0.688. The van der Waals surface area contributed by atoms with Gasteiger partial charge in [0.25, 0.3) is 0 Å². The van der Waals surface area contributed by atoms with Crippen LogP contribution in [0.2, 0.25) is 0 Å². The Balaban J connectivity index is 1.85. The van der Waals surface area contributed by atoms with Crippen molar-refractivity contribution in [2.24, 2.45) is 11.3 Å². The number of hydrogen-bond acceptors (Lipinski definition) is 4. The molecule has 0 unspecified atom stereocenters. The molecule has 1 aliphatic rings. The molecule has 1 saturated heterocycles. The van der Waals surface area contributed by atoms with E-state index in [4.69, 9.17) is 4.52 Å². The van der Waals surface area contributed by atoms with Gasteiger partial charge < -0.3 is 14.7 Å². The molecule has 0 bridgehead atoms. The van der Waals surface area contributed by atoms with Gasteiger partial charge in [-0.25, -0.2) is 0 Å². The van der Waals surface area contributed by atoms with Crippen LogP contribution in [0.1, 0.15) is 39.4 Å². The first-order chi connectivity index (χ1) is 13.4. The zero-order valence-electron chi connectivity index (χ0n) is 16.9. The summed E-state index contributed by atoms with van der Waals surface area (Å²) in [6.07, 6.45) is 1.96. The summed E-state index contributed by atoms with van der Waals surface area (Å²) in [5.74, 6) is 0.661. The number of rotatable bonds is 6. The molecule has 2 aromatic rings. The Bertz CT molecular complexity index is 815. The molecule has 0 spiro atoms. The highest BCUT2D eigenvalue weighted by Gasteiger charge is 2.44. The Morgan fingerprint density at radius 3 is 2.71 bits per heavy atom. The maximum absolute atomic E-state index is 13.0. The summed E-state index contributed by atoms with van der Waals surface area (Å²) < 4.78 is 5.58. The second-order valence-corrected chi connectivity index (χ2v) is 7.88. The molecule has 1 atom stereocenters. The first-order valence-electron chi connectivity index (χ1n) is 10.0. The fourth-order valence-electron chi connectivity index (χ4n) is 3.92. The third kappa shape index (κ3) is 4.26. The monoisotopic (exact) mass is 383 g/mol. The van der Waals surface area contributed by atoms with E-state index in [0.29, 0.717) is 31.8 Å². The van der Waals surface area contributed by atoms with Crippen LogP contribution in [0.25, 0.3) is 11.3 Å². The van der Waals surface area contributed by atoms with E-state index in [2.05, 4.69) is 10.5 Å². The van der Waals surface area contributed by atoms with Gasteiger partial charge in [-0.3, -0.25) is 9.59 Å². The molecule has 0 aliphatic carbocycles. The summed E-state index contributed by atoms with van der Waals surface area (Å²) in [6.45, 7) is 7.37. The van der Waals surface area contributed by atoms with Crippen molar-refractivity contribution in [1.29, 1.82) is 0 Å². The lowest BCUT2D eigenvalue weighted by molar-refractivity contribution is -0.143. The Morgan fingerprint density at radius 1 is 1.29 bits per heavy atom. The number of amides is 2. The average molecular weight is 383 g/mol. The second-order valence-electron chi connectivity index (χ2n) is 7.88. The molecule has 1 fully saturated rings. The van der Waals surface area contributed by atoms with Crippen molar-refractivity contribution in [2.75, 3.05) is 19.6 Å². The smallest absolute Gasteiger partial charge is 0.228 e. The van der Waals surface area contributed by atoms with E-state index in [-0.39, 0.29) is 17.7 Å². The molecule has 3 rings (SSSR count). The molecule has 150 valence electrons. The SMILES string of the molecule is CCNC(=O)[C@@]1(Cc2cc(-c3ccccc3)no2)CCCN(C(=O)C(C)C)C1. The highest BCUT2D eigenvalue weighted by atomic mass is 16.5. The fraction of sp³-hybridized carbons (Fsp3) is 0.500. The molecule has 6 heteroatoms. The lowest BCUT2D eigenvalue weighted by Gasteiger charge is -2.41. The maximum Gasteiger partial charge on any atom is 0.228 e. The lowest BCUT2D eigenvalue weighted by atomic mass is 9.75. The number of carbonyl (C=O) groups is 2. The van der Waals surface area contributed by atoms with Crippen molar-refractivity contribution in [1.82, 2.24) is 15.4 Å². The third-order valence-electron chi connectivity index (χ3n) is 5.34. The van der Waals surface area contributed by atoms with Crippen molar-refractivity contribution in [3.05, 3.63) is 42.2 Å². The van der Waals surface area contributed by atoms with Gasteiger partial charge in [-0.1, -0.05) is 49.3 Å². The molecule has 1 aromatic carbocycles. The molecular weight excluding hydrogens is 354 g/mol. The van der Waals surface area contributed by atoms with Crippen LogP contribution in [0.3, 0.4) is 0 Å². The average Bonchev–Trinajstić information content (AvgIpc) is 3.16. The number of hydrogen-bond donors (Lipinski definition) is 1. The summed E-state index contributed by atoms with van der Waals surface area (Å²) in [5.41, 5.74) is 1.05. The normalized spacial score (nSPS) is 19.6. The van der Waals surface area contributed by atoms with Crippen LogP contribution in [-0.4, -0.2) is 41.5 Å². The first kappa shape index (κ1) is 20.1. The number of piperidine rings is 1. The minimum absolute atomic E-state index is 0.0195. The Morgan fingerprint density at radius 2 is 2.04 bits per heavy atom. The van der Waals surface area contributed by atoms with E-state index in [1.807, 2.05) is 62.1 Å². The topological polar surface area (TPSA) is 75.4 Å². The standard InChI is InChI=1S/C22H29N3O3/c1-4-23-21(27)22(11-8-12-25(15-22)20(26)16(2)3)14-18-13-19(24-28-18)17-9-6-5-7-10-17/h5-7,9-10,13,16H,4,8,11-12,14-15H2,1-3H3,(H,23,27)/t22-/m1/s1. The first-order valence-corrected chi connectivity index (χ1v) is 10.0. The third-order valence-corrected chi connectivity index (χ3v) is 5.34. The van der Waals surface area contributed by atoms with E-state index < -0.39 is 5.41 Å². The lowest BCUT2D eigenvalue weighted by Crippen LogP contribution is -2.55. The number of carbonyl (C=O) groups excluding carboxylic acids is 2. The highest BCUT2D eigenvalue weighted by Crippen LogP contribution is 2.35. The number of nitrogens with one attached hydrogen (secondary N) is 1. The van der Waals surface area contributed by atoms with Gasteiger partial charge in [-0.05, 0) is 19.8 Å². The molecule has 28 heavy (non-hydrogen) atoms. The van der Waals surface area contributed by atoms with Crippen LogP contribution in [0.5, 0.6) is 0 Å². The van der Waals surface area contributed by atoms with Crippen LogP contribution < -0.4 is 5.32 Å². The summed E-state index contributed by atoms with van der Waals surface area (Å²) in [5, 5.41) is 7.15. The van der Waals surface area contributed by atoms with Gasteiger partial charge in [0.2, 0.25) is 11.8 Å². The maximum atomic E-state index is 13.0. The van der Waals surface area contributed by atoms with E-state index in [9.17, 15) is 9.59 Å². The largest absolute Gasteiger partial charge is 0.361 e. The van der Waals surface area contributed by atoms with Gasteiger partial charge in [-0.15, -0.1) is 0 Å². The van der Waals surface area contributed by atoms with Crippen molar-refractivity contribution in [2.45, 2.75) is 40.0 Å². The highest BCUT2D eigenvalue weighted by molar-refractivity contribution is 5.85. The van der Waals surface area contributed by atoms with Gasteiger partial charge in [0, 0.05) is 43.6 Å². The summed E-state index contributed by atoms with van der Waals surface area (Å²) in [6, 6.07) is 11.7. The zero-order chi connectivity index (χ0) is 20.1. The Hall–Kier alpha value is -2.63. The van der Waals surface area contributed by atoms with Crippen molar-refractivity contribution in [3.63, 3.8) is 0 Å². The fourth-order valence-corrected chi connectivity index (χ4v) is 3.92. The van der Waals surface area contributed by atoms with Crippen molar-refractivity contribution in [3.8, 4) is 11.3 Å². The van der Waals surface area contributed by atoms with Crippen LogP contribution in [0.15, 0.2) is 40.9 Å². The van der Waals surface area contributed by atoms with E-state index in [1.165, 1.54) is 0 Å². The van der Waals surface area contributed by atoms with E-state index in [1.54, 1.807) is 0 Å². The number of aromatic nitrogens is 1. The van der Waals surface area contributed by atoms with Crippen molar-refractivity contribution >= 4 is 11.8 Å². The number of likely N-dealkylation sites (tertiary alicyclic amines) is 1. The van der Waals surface area contributed by atoms with Crippen LogP contribution in [-0.2, 0) is 16.0 Å². The van der Waals surface area contributed by atoms with Gasteiger partial charge in [0.05, 0.1) is 5.41 Å². The molecule has 1 aliphatic heterocycles. The molecule has 1 N–H and O–H groups in total. The predicted molar refractivity (Wildman–Crippen MR) is 107 cm³/mol. The van der Waals surface area contributed by atoms with Crippen LogP contribution in [0.4, 0.5) is 0 Å². The quantitative estimate of drug-likeness (QED) is 0.831. The summed E-state index contributed by atoms with van der Waals surface area (Å²) in [4.78, 5) is 27.4. The second kappa shape index (κ2) is 8.59. The van der Waals surface area contributed by atoms with Crippen LogP contribution in [0, 0.1) is 11.3 Å². The summed E-state index contributed by atoms with van der Waals surface area (Å²) >= 11 is 0. The summed E-state index contributed by atoms with van der Waals surface area (Å²) in [7, 11) is 0. The zero-order valence-corrected chi connectivity index (χ0v) is 16.9. The van der Waals surface area contributed by atoms with Gasteiger partial charge in [-0.2, -0.15) is 0 Å². The molecule has 1 aromatic heterocycles. The Labute approximate surface area is 166 Å². The van der Waals surface area contributed by atoms with Gasteiger partial charge >= 0.3 is 0 Å². The van der Waals surface area contributed by atoms with Crippen LogP contribution >= 0.6 is 0 Å². The minimum Gasteiger partial charge on any atom is -0.361 e. The molecule has 0 saturated carbocycles. The molecule has 0 radical (unpaired) electrons. The van der Waals surface area contributed by atoms with Crippen molar-refractivity contribution < 1.29 is 14.1 Å². The van der Waals surface area contributed by atoms with Gasteiger partial charge in [0.15, 0.2) is 0 Å². The number of benzene rings is 1. The van der Waals surface area contributed by atoms with Gasteiger partial charge in [0.1, 0.15) is 11.5 Å². The predicted octanol–water partition coefficient (Wildman–Crippen LogP) is 3.29. The van der Waals surface area contributed by atoms with E-state index >= 15 is 0 Å². The molecular formula is C22H29N3O3. The molecule has 2 amide bonds. The van der Waals surface area contributed by atoms with E-state index in [0.717, 1.165) is 24.1 Å². The molecule has 2 heterocycles. The number of nitrogens with zero attached hydrogens (tertiary/aromatic N) is 2. The molecule has 6 nitrogen and oxygen atoms in total.